The molecule has 5 nitrogen and oxygen atoms in total. The second-order valence-corrected chi connectivity index (χ2v) is 6.23. The van der Waals surface area contributed by atoms with Crippen LogP contribution in [0.15, 0.2) is 59.3 Å². The molecule has 1 aromatic carbocycles. The van der Waals surface area contributed by atoms with Crippen LogP contribution in [0.5, 0.6) is 0 Å². The Kier molecular flexibility index (Phi) is 4.09. The van der Waals surface area contributed by atoms with Crippen LogP contribution in [-0.2, 0) is 6.54 Å². The SMILES string of the molecule is O=C(c1ccc(Cn2cccn2)o1)N1CC[C@H](c2ccccc2F)C1. The third kappa shape index (κ3) is 3.20. The van der Waals surface area contributed by atoms with Gasteiger partial charge in [-0.25, -0.2) is 4.39 Å². The van der Waals surface area contributed by atoms with Crippen LogP contribution in [0.3, 0.4) is 0 Å². The third-order valence-corrected chi connectivity index (χ3v) is 4.57. The van der Waals surface area contributed by atoms with E-state index >= 15 is 0 Å². The van der Waals surface area contributed by atoms with E-state index in [4.69, 9.17) is 4.42 Å². The normalized spacial score (nSPS) is 17.2. The van der Waals surface area contributed by atoms with E-state index in [9.17, 15) is 9.18 Å². The highest BCUT2D eigenvalue weighted by atomic mass is 19.1. The lowest BCUT2D eigenvalue weighted by Gasteiger charge is -2.15. The number of furan rings is 1. The van der Waals surface area contributed by atoms with Crippen molar-refractivity contribution in [1.82, 2.24) is 14.7 Å². The van der Waals surface area contributed by atoms with Gasteiger partial charge in [0.25, 0.3) is 5.91 Å². The lowest BCUT2D eigenvalue weighted by molar-refractivity contribution is 0.0757. The summed E-state index contributed by atoms with van der Waals surface area (Å²) in [5.41, 5.74) is 0.677. The van der Waals surface area contributed by atoms with Crippen LogP contribution in [-0.4, -0.2) is 33.7 Å². The van der Waals surface area contributed by atoms with Crippen molar-refractivity contribution in [3.05, 3.63) is 77.8 Å². The number of hydrogen-bond acceptors (Lipinski definition) is 3. The van der Waals surface area contributed by atoms with Crippen LogP contribution < -0.4 is 0 Å². The van der Waals surface area contributed by atoms with E-state index < -0.39 is 0 Å². The Labute approximate surface area is 144 Å². The minimum atomic E-state index is -0.207. The van der Waals surface area contributed by atoms with Crippen molar-refractivity contribution in [3.63, 3.8) is 0 Å². The number of benzene rings is 1. The maximum absolute atomic E-state index is 13.9. The third-order valence-electron chi connectivity index (χ3n) is 4.57. The van der Waals surface area contributed by atoms with Crippen LogP contribution in [0, 0.1) is 5.82 Å². The molecular weight excluding hydrogens is 321 g/mol. The molecule has 0 radical (unpaired) electrons. The first-order valence-corrected chi connectivity index (χ1v) is 8.30. The summed E-state index contributed by atoms with van der Waals surface area (Å²) in [6.07, 6.45) is 4.29. The highest BCUT2D eigenvalue weighted by molar-refractivity contribution is 5.91. The van der Waals surface area contributed by atoms with Gasteiger partial charge in [0, 0.05) is 31.4 Å². The topological polar surface area (TPSA) is 51.3 Å². The summed E-state index contributed by atoms with van der Waals surface area (Å²) < 4.78 is 21.3. The molecule has 25 heavy (non-hydrogen) atoms. The Morgan fingerprint density at radius 1 is 1.24 bits per heavy atom. The first-order valence-electron chi connectivity index (χ1n) is 8.30. The van der Waals surface area contributed by atoms with Crippen molar-refractivity contribution >= 4 is 5.91 Å². The van der Waals surface area contributed by atoms with Gasteiger partial charge in [0.2, 0.25) is 0 Å². The second kappa shape index (κ2) is 6.55. The van der Waals surface area contributed by atoms with Crippen molar-refractivity contribution in [1.29, 1.82) is 0 Å². The Balaban J connectivity index is 1.44. The van der Waals surface area contributed by atoms with Crippen LogP contribution in [0.4, 0.5) is 4.39 Å². The van der Waals surface area contributed by atoms with Gasteiger partial charge in [0.05, 0.1) is 6.54 Å². The summed E-state index contributed by atoms with van der Waals surface area (Å²) in [6, 6.07) is 12.1. The molecule has 1 atom stereocenters. The van der Waals surface area contributed by atoms with E-state index in [1.807, 2.05) is 18.3 Å². The number of amides is 1. The number of hydrogen-bond donors (Lipinski definition) is 0. The fourth-order valence-electron chi connectivity index (χ4n) is 3.29. The van der Waals surface area contributed by atoms with Gasteiger partial charge in [0.1, 0.15) is 11.6 Å². The zero-order valence-electron chi connectivity index (χ0n) is 13.6. The fraction of sp³-hybridized carbons (Fsp3) is 0.263. The van der Waals surface area contributed by atoms with E-state index in [1.165, 1.54) is 6.07 Å². The van der Waals surface area contributed by atoms with Crippen LogP contribution in [0.1, 0.15) is 34.2 Å². The van der Waals surface area contributed by atoms with Gasteiger partial charge in [-0.3, -0.25) is 9.48 Å². The monoisotopic (exact) mass is 339 g/mol. The standard InChI is InChI=1S/C19H18FN3O2/c20-17-5-2-1-4-16(17)14-8-11-22(12-14)19(24)18-7-6-15(25-18)13-23-10-3-9-21-23/h1-7,9-10,14H,8,11-13H2/t14-/m0/s1. The quantitative estimate of drug-likeness (QED) is 0.733. The van der Waals surface area contributed by atoms with Crippen LogP contribution in [0.25, 0.3) is 0 Å². The van der Waals surface area contributed by atoms with Crippen molar-refractivity contribution in [3.8, 4) is 0 Å². The van der Waals surface area contributed by atoms with E-state index in [-0.39, 0.29) is 17.6 Å². The molecule has 0 spiro atoms. The molecule has 0 saturated carbocycles. The van der Waals surface area contributed by atoms with Gasteiger partial charge in [0.15, 0.2) is 5.76 Å². The van der Waals surface area contributed by atoms with Gasteiger partial charge in [-0.15, -0.1) is 0 Å². The number of rotatable bonds is 4. The number of carbonyl (C=O) groups excluding carboxylic acids is 1. The van der Waals surface area contributed by atoms with Crippen LogP contribution in [0.2, 0.25) is 0 Å². The largest absolute Gasteiger partial charge is 0.454 e. The molecule has 2 aromatic heterocycles. The molecule has 128 valence electrons. The smallest absolute Gasteiger partial charge is 0.289 e. The number of carbonyl (C=O) groups is 1. The second-order valence-electron chi connectivity index (χ2n) is 6.23. The summed E-state index contributed by atoms with van der Waals surface area (Å²) in [6.45, 7) is 1.60. The van der Waals surface area contributed by atoms with E-state index in [2.05, 4.69) is 5.10 Å². The molecule has 3 heterocycles. The maximum atomic E-state index is 13.9. The predicted octanol–water partition coefficient (Wildman–Crippen LogP) is 3.29. The first kappa shape index (κ1) is 15.6. The van der Waals surface area contributed by atoms with E-state index in [0.717, 1.165) is 6.42 Å². The minimum Gasteiger partial charge on any atom is -0.454 e. The summed E-state index contributed by atoms with van der Waals surface area (Å²) in [7, 11) is 0. The molecular formula is C19H18FN3O2. The van der Waals surface area contributed by atoms with Crippen molar-refractivity contribution in [2.24, 2.45) is 0 Å². The highest BCUT2D eigenvalue weighted by Gasteiger charge is 2.30. The Morgan fingerprint density at radius 3 is 2.92 bits per heavy atom. The Bertz CT molecular complexity index is 872. The van der Waals surface area contributed by atoms with Crippen molar-refractivity contribution < 1.29 is 13.6 Å². The summed E-state index contributed by atoms with van der Waals surface area (Å²) in [5, 5.41) is 4.12. The molecule has 3 aromatic rings. The lowest BCUT2D eigenvalue weighted by atomic mass is 9.98. The molecule has 4 rings (SSSR count). The Morgan fingerprint density at radius 2 is 2.12 bits per heavy atom. The van der Waals surface area contributed by atoms with E-state index in [1.54, 1.807) is 40.0 Å². The molecule has 0 aliphatic carbocycles. The number of halogens is 1. The van der Waals surface area contributed by atoms with Crippen LogP contribution >= 0.6 is 0 Å². The average molecular weight is 339 g/mol. The first-order chi connectivity index (χ1) is 12.2. The van der Waals surface area contributed by atoms with Crippen molar-refractivity contribution in [2.45, 2.75) is 18.9 Å². The van der Waals surface area contributed by atoms with Crippen molar-refractivity contribution in [2.75, 3.05) is 13.1 Å². The highest BCUT2D eigenvalue weighted by Crippen LogP contribution is 2.30. The van der Waals surface area contributed by atoms with Gasteiger partial charge >= 0.3 is 0 Å². The maximum Gasteiger partial charge on any atom is 0.289 e. The molecule has 0 unspecified atom stereocenters. The molecule has 1 saturated heterocycles. The zero-order valence-corrected chi connectivity index (χ0v) is 13.6. The molecule has 0 bridgehead atoms. The molecule has 1 fully saturated rings. The molecule has 1 aliphatic rings. The van der Waals surface area contributed by atoms with Gasteiger partial charge in [-0.05, 0) is 36.2 Å². The average Bonchev–Trinajstić information content (AvgIpc) is 3.37. The number of likely N-dealkylation sites (tertiary alicyclic amines) is 1. The number of nitrogens with zero attached hydrogens (tertiary/aromatic N) is 3. The number of aromatic nitrogens is 2. The predicted molar refractivity (Wildman–Crippen MR) is 89.7 cm³/mol. The van der Waals surface area contributed by atoms with Gasteiger partial charge in [-0.1, -0.05) is 18.2 Å². The fourth-order valence-corrected chi connectivity index (χ4v) is 3.29. The lowest BCUT2D eigenvalue weighted by Crippen LogP contribution is -2.28. The zero-order chi connectivity index (χ0) is 17.2. The van der Waals surface area contributed by atoms with Gasteiger partial charge in [-0.2, -0.15) is 5.10 Å². The summed E-state index contributed by atoms with van der Waals surface area (Å²) >= 11 is 0. The Hall–Kier alpha value is -2.89. The summed E-state index contributed by atoms with van der Waals surface area (Å²) in [4.78, 5) is 14.4. The molecule has 1 aliphatic heterocycles. The molecule has 0 N–H and O–H groups in total. The molecule has 1 amide bonds. The van der Waals surface area contributed by atoms with Gasteiger partial charge < -0.3 is 9.32 Å². The van der Waals surface area contributed by atoms with E-state index in [0.29, 0.717) is 36.7 Å². The molecule has 6 heteroatoms. The minimum absolute atomic E-state index is 0.0312. The summed E-state index contributed by atoms with van der Waals surface area (Å²) in [5.74, 6) is 0.670.